The van der Waals surface area contributed by atoms with Crippen molar-refractivity contribution in [3.05, 3.63) is 29.5 Å². The first-order valence-electron chi connectivity index (χ1n) is 7.06. The van der Waals surface area contributed by atoms with Crippen molar-refractivity contribution in [1.29, 1.82) is 0 Å². The van der Waals surface area contributed by atoms with E-state index in [2.05, 4.69) is 16.0 Å². The van der Waals surface area contributed by atoms with Crippen molar-refractivity contribution < 1.29 is 14.7 Å². The van der Waals surface area contributed by atoms with Crippen molar-refractivity contribution in [2.75, 3.05) is 18.4 Å². The molecule has 0 fully saturated rings. The molecule has 2 aliphatic heterocycles. The van der Waals surface area contributed by atoms with Crippen LogP contribution in [0.2, 0.25) is 0 Å². The number of carbonyl (C=O) groups excluding carboxylic acids is 1. The van der Waals surface area contributed by atoms with Gasteiger partial charge in [-0.25, -0.2) is 4.79 Å². The lowest BCUT2D eigenvalue weighted by Gasteiger charge is -2.19. The number of carbonyl (C=O) groups is 2. The fraction of sp³-hybridized carbons (Fsp3) is 0.333. The molecule has 0 aliphatic carbocycles. The Bertz CT molecular complexity index is 778. The van der Waals surface area contributed by atoms with Crippen molar-refractivity contribution in [2.24, 2.45) is 0 Å². The summed E-state index contributed by atoms with van der Waals surface area (Å²) in [4.78, 5) is 24.5. The number of benzene rings is 1. The molecule has 2 aliphatic rings. The molecule has 21 heavy (non-hydrogen) atoms. The molecule has 4 rings (SSSR count). The van der Waals surface area contributed by atoms with Crippen molar-refractivity contribution in [3.63, 3.8) is 0 Å². The zero-order valence-electron chi connectivity index (χ0n) is 11.4. The molecule has 6 heteroatoms. The Hall–Kier alpha value is -2.50. The third-order valence-electron chi connectivity index (χ3n) is 4.40. The lowest BCUT2D eigenvalue weighted by atomic mass is 10.1. The van der Waals surface area contributed by atoms with Gasteiger partial charge in [-0.3, -0.25) is 4.79 Å². The highest BCUT2D eigenvalue weighted by molar-refractivity contribution is 6.06. The zero-order valence-corrected chi connectivity index (χ0v) is 11.4. The molecule has 2 N–H and O–H groups in total. The van der Waals surface area contributed by atoms with Crippen LogP contribution in [0.25, 0.3) is 10.9 Å². The van der Waals surface area contributed by atoms with Gasteiger partial charge < -0.3 is 19.9 Å². The van der Waals surface area contributed by atoms with Crippen molar-refractivity contribution in [1.82, 2.24) is 9.47 Å². The number of para-hydroxylation sites is 1. The average molecular weight is 285 g/mol. The van der Waals surface area contributed by atoms with Crippen molar-refractivity contribution in [3.8, 4) is 0 Å². The van der Waals surface area contributed by atoms with E-state index in [1.807, 2.05) is 12.1 Å². The second kappa shape index (κ2) is 4.25. The molecule has 0 atom stereocenters. The van der Waals surface area contributed by atoms with Gasteiger partial charge in [0, 0.05) is 30.6 Å². The van der Waals surface area contributed by atoms with Crippen molar-refractivity contribution in [2.45, 2.75) is 19.4 Å². The lowest BCUT2D eigenvalue weighted by molar-refractivity contribution is -0.116. The molecule has 2 amide bonds. The van der Waals surface area contributed by atoms with Crippen LogP contribution in [0.5, 0.6) is 0 Å². The number of nitrogens with zero attached hydrogens (tertiary/aromatic N) is 2. The third-order valence-corrected chi connectivity index (χ3v) is 4.40. The number of carboxylic acid groups (broad SMARTS) is 1. The predicted molar refractivity (Wildman–Crippen MR) is 77.6 cm³/mol. The highest BCUT2D eigenvalue weighted by Crippen LogP contribution is 2.35. The van der Waals surface area contributed by atoms with Gasteiger partial charge in [0.2, 0.25) is 5.91 Å². The summed E-state index contributed by atoms with van der Waals surface area (Å²) in [7, 11) is 0. The monoisotopic (exact) mass is 285 g/mol. The van der Waals surface area contributed by atoms with Gasteiger partial charge >= 0.3 is 6.09 Å². The van der Waals surface area contributed by atoms with Gasteiger partial charge in [-0.15, -0.1) is 0 Å². The van der Waals surface area contributed by atoms with Gasteiger partial charge in [-0.2, -0.15) is 0 Å². The third kappa shape index (κ3) is 1.72. The summed E-state index contributed by atoms with van der Waals surface area (Å²) >= 11 is 0. The number of hydrogen-bond donors (Lipinski definition) is 2. The van der Waals surface area contributed by atoms with E-state index in [1.54, 1.807) is 0 Å². The Morgan fingerprint density at radius 3 is 2.86 bits per heavy atom. The van der Waals surface area contributed by atoms with E-state index in [0.29, 0.717) is 32.5 Å². The Morgan fingerprint density at radius 2 is 2.05 bits per heavy atom. The lowest BCUT2D eigenvalue weighted by Crippen LogP contribution is -2.32. The van der Waals surface area contributed by atoms with Crippen LogP contribution in [0.1, 0.15) is 11.3 Å². The van der Waals surface area contributed by atoms with Gasteiger partial charge in [-0.05, 0) is 18.1 Å². The molecular weight excluding hydrogens is 270 g/mol. The molecule has 6 nitrogen and oxygen atoms in total. The van der Waals surface area contributed by atoms with Crippen LogP contribution in [0.3, 0.4) is 0 Å². The fourth-order valence-corrected chi connectivity index (χ4v) is 3.50. The quantitative estimate of drug-likeness (QED) is 0.773. The number of amides is 2. The molecule has 108 valence electrons. The smallest absolute Gasteiger partial charge is 0.407 e. The Kier molecular flexibility index (Phi) is 2.48. The first kappa shape index (κ1) is 12.3. The first-order valence-corrected chi connectivity index (χ1v) is 7.06. The van der Waals surface area contributed by atoms with Crippen LogP contribution in [-0.4, -0.2) is 39.7 Å². The highest BCUT2D eigenvalue weighted by Gasteiger charge is 2.27. The minimum atomic E-state index is -0.874. The number of anilines is 1. The molecular formula is C15H15N3O3. The number of rotatable bonds is 0. The second-order valence-corrected chi connectivity index (χ2v) is 5.53. The normalized spacial score (nSPS) is 17.3. The second-order valence-electron chi connectivity index (χ2n) is 5.53. The Labute approximate surface area is 121 Å². The summed E-state index contributed by atoms with van der Waals surface area (Å²) in [6, 6.07) is 5.91. The summed E-state index contributed by atoms with van der Waals surface area (Å²) in [6.07, 6.45) is 0.479. The highest BCUT2D eigenvalue weighted by atomic mass is 16.4. The van der Waals surface area contributed by atoms with E-state index in [1.165, 1.54) is 10.5 Å². The fourth-order valence-electron chi connectivity index (χ4n) is 3.50. The predicted octanol–water partition coefficient (Wildman–Crippen LogP) is 1.67. The van der Waals surface area contributed by atoms with Gasteiger partial charge in [0.25, 0.3) is 0 Å². The standard InChI is InChI=1S/C15H15N3O3/c19-13-8-18-12-5-7-17(15(20)21)6-4-9(12)10-2-1-3-11(16-13)14(10)18/h1-3H,4-8H2,(H,16,19)(H,20,21). The van der Waals surface area contributed by atoms with Crippen LogP contribution >= 0.6 is 0 Å². The van der Waals surface area contributed by atoms with Gasteiger partial charge in [0.15, 0.2) is 0 Å². The maximum Gasteiger partial charge on any atom is 0.407 e. The molecule has 0 saturated carbocycles. The van der Waals surface area contributed by atoms with E-state index in [0.717, 1.165) is 22.3 Å². The summed E-state index contributed by atoms with van der Waals surface area (Å²) in [6.45, 7) is 1.30. The SMILES string of the molecule is O=C1Cn2c3c(c4cccc(c42)N1)CCN(C(=O)O)CC3. The summed E-state index contributed by atoms with van der Waals surface area (Å²) in [5, 5.41) is 13.2. The van der Waals surface area contributed by atoms with E-state index in [9.17, 15) is 14.7 Å². The molecule has 1 aromatic heterocycles. The molecule has 3 heterocycles. The summed E-state index contributed by atoms with van der Waals surface area (Å²) < 4.78 is 2.06. The summed E-state index contributed by atoms with van der Waals surface area (Å²) in [5.41, 5.74) is 4.22. The van der Waals surface area contributed by atoms with Crippen molar-refractivity contribution >= 4 is 28.6 Å². The molecule has 1 aromatic carbocycles. The minimum absolute atomic E-state index is 0.0206. The van der Waals surface area contributed by atoms with Crippen LogP contribution in [0.15, 0.2) is 18.2 Å². The minimum Gasteiger partial charge on any atom is -0.465 e. The number of hydrogen-bond acceptors (Lipinski definition) is 2. The molecule has 0 bridgehead atoms. The maximum absolute atomic E-state index is 11.9. The topological polar surface area (TPSA) is 74.6 Å². The molecule has 0 spiro atoms. The summed E-state index contributed by atoms with van der Waals surface area (Å²) in [5.74, 6) is -0.0206. The maximum atomic E-state index is 11.9. The van der Waals surface area contributed by atoms with E-state index in [-0.39, 0.29) is 5.91 Å². The molecule has 0 saturated heterocycles. The van der Waals surface area contributed by atoms with E-state index in [4.69, 9.17) is 0 Å². The largest absolute Gasteiger partial charge is 0.465 e. The number of fused-ring (bicyclic) bond motifs is 3. The average Bonchev–Trinajstić information content (AvgIpc) is 2.62. The number of aromatic nitrogens is 1. The number of nitrogens with one attached hydrogen (secondary N) is 1. The van der Waals surface area contributed by atoms with Gasteiger partial charge in [0.1, 0.15) is 6.54 Å². The van der Waals surface area contributed by atoms with Crippen LogP contribution in [0, 0.1) is 0 Å². The first-order chi connectivity index (χ1) is 10.1. The van der Waals surface area contributed by atoms with E-state index < -0.39 is 6.09 Å². The Morgan fingerprint density at radius 1 is 1.24 bits per heavy atom. The van der Waals surface area contributed by atoms with Gasteiger partial charge in [-0.1, -0.05) is 12.1 Å². The molecule has 2 aromatic rings. The molecule has 0 unspecified atom stereocenters. The van der Waals surface area contributed by atoms with Crippen LogP contribution < -0.4 is 5.32 Å². The zero-order chi connectivity index (χ0) is 14.6. The van der Waals surface area contributed by atoms with Crippen LogP contribution in [0.4, 0.5) is 10.5 Å². The molecule has 0 radical (unpaired) electrons. The van der Waals surface area contributed by atoms with E-state index >= 15 is 0 Å². The van der Waals surface area contributed by atoms with Crippen LogP contribution in [-0.2, 0) is 24.2 Å². The Balaban J connectivity index is 1.90. The van der Waals surface area contributed by atoms with Gasteiger partial charge in [0.05, 0.1) is 11.2 Å².